The van der Waals surface area contributed by atoms with Gasteiger partial charge in [-0.05, 0) is 49.9 Å². The number of halogens is 1. The number of rotatable bonds is 6. The van der Waals surface area contributed by atoms with Crippen molar-refractivity contribution < 1.29 is 9.59 Å². The fourth-order valence-electron chi connectivity index (χ4n) is 3.32. The van der Waals surface area contributed by atoms with E-state index in [1.165, 1.54) is 0 Å². The lowest BCUT2D eigenvalue weighted by Gasteiger charge is -2.16. The molecule has 1 aliphatic carbocycles. The minimum Gasteiger partial charge on any atom is -0.327 e. The summed E-state index contributed by atoms with van der Waals surface area (Å²) < 4.78 is 1.59. The fourth-order valence-corrected chi connectivity index (χ4v) is 3.32. The summed E-state index contributed by atoms with van der Waals surface area (Å²) in [6.45, 7) is 1.78. The van der Waals surface area contributed by atoms with E-state index < -0.39 is 6.04 Å². The van der Waals surface area contributed by atoms with Crippen molar-refractivity contribution in [3.8, 4) is 0 Å². The number of carbonyl (C=O) groups excluding carboxylic acids is 2. The number of carbonyl (C=O) groups is 2. The van der Waals surface area contributed by atoms with Gasteiger partial charge >= 0.3 is 0 Å². The van der Waals surface area contributed by atoms with E-state index in [0.717, 1.165) is 19.3 Å². The fraction of sp³-hybridized carbons (Fsp3) is 0.421. The Balaban J connectivity index is 0.00000261. The second kappa shape index (κ2) is 9.53. The maximum Gasteiger partial charge on any atom is 0.248 e. The molecule has 0 saturated heterocycles. The first-order chi connectivity index (χ1) is 12.5. The van der Waals surface area contributed by atoms with Crippen LogP contribution in [0.4, 0.5) is 11.4 Å². The molecule has 1 aromatic carbocycles. The van der Waals surface area contributed by atoms with Crippen LogP contribution in [0.5, 0.6) is 0 Å². The summed E-state index contributed by atoms with van der Waals surface area (Å²) in [7, 11) is 0. The van der Waals surface area contributed by atoms with Crippen molar-refractivity contribution in [2.75, 3.05) is 10.6 Å². The lowest BCUT2D eigenvalue weighted by molar-refractivity contribution is -0.119. The molecule has 1 saturated carbocycles. The van der Waals surface area contributed by atoms with Crippen molar-refractivity contribution in [1.82, 2.24) is 9.78 Å². The maximum absolute atomic E-state index is 12.3. The normalized spacial score (nSPS) is 19.8. The number of anilines is 2. The molecule has 2 aromatic rings. The summed E-state index contributed by atoms with van der Waals surface area (Å²) in [6, 6.07) is 8.61. The summed E-state index contributed by atoms with van der Waals surface area (Å²) in [6.07, 6.45) is 6.91. The Bertz CT molecular complexity index is 765. The minimum absolute atomic E-state index is 0. The van der Waals surface area contributed by atoms with Crippen LogP contribution in [-0.2, 0) is 9.59 Å². The zero-order valence-electron chi connectivity index (χ0n) is 15.3. The Kier molecular flexibility index (Phi) is 7.38. The van der Waals surface area contributed by atoms with E-state index in [-0.39, 0.29) is 36.2 Å². The van der Waals surface area contributed by atoms with Crippen LogP contribution in [0.3, 0.4) is 0 Å². The molecule has 0 bridgehead atoms. The predicted octanol–water partition coefficient (Wildman–Crippen LogP) is 2.96. The molecule has 4 N–H and O–H groups in total. The quantitative estimate of drug-likeness (QED) is 0.704. The first-order valence-corrected chi connectivity index (χ1v) is 8.98. The van der Waals surface area contributed by atoms with Crippen LogP contribution in [0.1, 0.15) is 38.6 Å². The van der Waals surface area contributed by atoms with Gasteiger partial charge in [0.25, 0.3) is 0 Å². The van der Waals surface area contributed by atoms with Crippen LogP contribution in [0.25, 0.3) is 0 Å². The van der Waals surface area contributed by atoms with Crippen LogP contribution in [0.2, 0.25) is 0 Å². The molecule has 3 rings (SSSR count). The first kappa shape index (κ1) is 20.9. The third-order valence-electron chi connectivity index (χ3n) is 4.88. The Hall–Kier alpha value is -2.38. The summed E-state index contributed by atoms with van der Waals surface area (Å²) in [5, 5.41) is 9.83. The van der Waals surface area contributed by atoms with Gasteiger partial charge in [-0.3, -0.25) is 14.3 Å². The highest BCUT2D eigenvalue weighted by Gasteiger charge is 2.26. The number of benzene rings is 1. The average molecular weight is 392 g/mol. The van der Waals surface area contributed by atoms with Gasteiger partial charge in [0.05, 0.1) is 0 Å². The molecule has 1 aromatic heterocycles. The Morgan fingerprint density at radius 2 is 2.00 bits per heavy atom. The van der Waals surface area contributed by atoms with Gasteiger partial charge in [-0.25, -0.2) is 0 Å². The van der Waals surface area contributed by atoms with Crippen LogP contribution < -0.4 is 16.4 Å². The van der Waals surface area contributed by atoms with Crippen molar-refractivity contribution in [3.05, 3.63) is 42.7 Å². The highest BCUT2D eigenvalue weighted by molar-refractivity contribution is 5.95. The number of amides is 2. The SMILES string of the molecule is CC(C(=O)Nc1cccc(NC(=O)C[C@@H]2CCC[C@H]2N)c1)n1cccn1.Cl. The van der Waals surface area contributed by atoms with Gasteiger partial charge in [0, 0.05) is 36.2 Å². The van der Waals surface area contributed by atoms with Gasteiger partial charge in [0.1, 0.15) is 6.04 Å². The highest BCUT2D eigenvalue weighted by Crippen LogP contribution is 2.27. The Morgan fingerprint density at radius 1 is 1.26 bits per heavy atom. The predicted molar refractivity (Wildman–Crippen MR) is 108 cm³/mol. The van der Waals surface area contributed by atoms with E-state index in [0.29, 0.717) is 17.8 Å². The average Bonchev–Trinajstić information content (AvgIpc) is 3.27. The summed E-state index contributed by atoms with van der Waals surface area (Å²) in [5.41, 5.74) is 7.32. The molecule has 3 atom stereocenters. The monoisotopic (exact) mass is 391 g/mol. The van der Waals surface area contributed by atoms with Crippen LogP contribution in [0.15, 0.2) is 42.7 Å². The molecule has 7 nitrogen and oxygen atoms in total. The Labute approximate surface area is 165 Å². The molecule has 27 heavy (non-hydrogen) atoms. The maximum atomic E-state index is 12.3. The number of nitrogens with zero attached hydrogens (tertiary/aromatic N) is 2. The number of nitrogens with two attached hydrogens (primary N) is 1. The van der Waals surface area contributed by atoms with Crippen molar-refractivity contribution in [2.45, 2.75) is 44.7 Å². The van der Waals surface area contributed by atoms with Gasteiger partial charge in [-0.1, -0.05) is 12.5 Å². The molecule has 146 valence electrons. The van der Waals surface area contributed by atoms with Crippen molar-refractivity contribution in [2.24, 2.45) is 11.7 Å². The molecule has 1 unspecified atom stereocenters. The highest BCUT2D eigenvalue weighted by atomic mass is 35.5. The molecule has 2 amide bonds. The van der Waals surface area contributed by atoms with Crippen molar-refractivity contribution in [3.63, 3.8) is 0 Å². The third-order valence-corrected chi connectivity index (χ3v) is 4.88. The first-order valence-electron chi connectivity index (χ1n) is 8.98. The molecule has 0 aliphatic heterocycles. The summed E-state index contributed by atoms with van der Waals surface area (Å²) >= 11 is 0. The molecular formula is C19H26ClN5O2. The molecule has 0 spiro atoms. The zero-order valence-corrected chi connectivity index (χ0v) is 16.1. The molecular weight excluding hydrogens is 366 g/mol. The van der Waals surface area contributed by atoms with E-state index in [1.54, 1.807) is 54.3 Å². The number of nitrogens with one attached hydrogen (secondary N) is 2. The molecule has 1 aliphatic rings. The molecule has 1 fully saturated rings. The number of hydrogen-bond acceptors (Lipinski definition) is 4. The lowest BCUT2D eigenvalue weighted by Crippen LogP contribution is -2.28. The second-order valence-electron chi connectivity index (χ2n) is 6.84. The number of aromatic nitrogens is 2. The number of hydrogen-bond donors (Lipinski definition) is 3. The van der Waals surface area contributed by atoms with Crippen molar-refractivity contribution >= 4 is 35.6 Å². The summed E-state index contributed by atoms with van der Waals surface area (Å²) in [4.78, 5) is 24.6. The van der Waals surface area contributed by atoms with Crippen molar-refractivity contribution in [1.29, 1.82) is 0 Å². The van der Waals surface area contributed by atoms with Gasteiger partial charge in [-0.15, -0.1) is 12.4 Å². The van der Waals surface area contributed by atoms with Crippen LogP contribution >= 0.6 is 12.4 Å². The molecule has 1 heterocycles. The lowest BCUT2D eigenvalue weighted by atomic mass is 10.00. The van der Waals surface area contributed by atoms with Gasteiger partial charge in [0.15, 0.2) is 0 Å². The van der Waals surface area contributed by atoms with Crippen LogP contribution in [0, 0.1) is 5.92 Å². The van der Waals surface area contributed by atoms with Gasteiger partial charge in [-0.2, -0.15) is 5.10 Å². The minimum atomic E-state index is -0.424. The second-order valence-corrected chi connectivity index (χ2v) is 6.84. The van der Waals surface area contributed by atoms with E-state index in [2.05, 4.69) is 15.7 Å². The van der Waals surface area contributed by atoms with E-state index in [9.17, 15) is 9.59 Å². The third kappa shape index (κ3) is 5.55. The van der Waals surface area contributed by atoms with Gasteiger partial charge < -0.3 is 16.4 Å². The molecule has 0 radical (unpaired) electrons. The smallest absolute Gasteiger partial charge is 0.248 e. The Morgan fingerprint density at radius 3 is 2.63 bits per heavy atom. The zero-order chi connectivity index (χ0) is 18.5. The van der Waals surface area contributed by atoms with Gasteiger partial charge in [0.2, 0.25) is 11.8 Å². The van der Waals surface area contributed by atoms with Crippen LogP contribution in [-0.4, -0.2) is 27.6 Å². The van der Waals surface area contributed by atoms with E-state index >= 15 is 0 Å². The standard InChI is InChI=1S/C19H25N5O2.ClH/c1-13(24-10-4-9-21-24)19(26)23-16-7-3-6-15(12-16)22-18(25)11-14-5-2-8-17(14)20;/h3-4,6-7,9-10,12-14,17H,2,5,8,11,20H2,1H3,(H,22,25)(H,23,26);1H/t13?,14-,17+;/m0./s1. The summed E-state index contributed by atoms with van der Waals surface area (Å²) in [5.74, 6) is 0.0441. The topological polar surface area (TPSA) is 102 Å². The van der Waals surface area contributed by atoms with E-state index in [1.807, 2.05) is 0 Å². The largest absolute Gasteiger partial charge is 0.327 e. The molecule has 8 heteroatoms. The van der Waals surface area contributed by atoms with E-state index in [4.69, 9.17) is 5.73 Å².